The third-order valence-electron chi connectivity index (χ3n) is 4.72. The molecule has 0 aromatic carbocycles. The monoisotopic (exact) mass is 302 g/mol. The Morgan fingerprint density at radius 1 is 1.41 bits per heavy atom. The lowest BCUT2D eigenvalue weighted by Crippen LogP contribution is -2.42. The molecule has 1 aliphatic carbocycles. The van der Waals surface area contributed by atoms with Gasteiger partial charge in [-0.25, -0.2) is 4.98 Å². The highest BCUT2D eigenvalue weighted by Gasteiger charge is 2.30. The van der Waals surface area contributed by atoms with Crippen LogP contribution >= 0.6 is 0 Å². The second-order valence-corrected chi connectivity index (χ2v) is 6.25. The molecule has 2 aliphatic rings. The molecular formula is C15H22N6O. The second-order valence-electron chi connectivity index (χ2n) is 6.25. The van der Waals surface area contributed by atoms with Crippen LogP contribution < -0.4 is 5.32 Å². The molecule has 7 heteroatoms. The first kappa shape index (κ1) is 15.0. The normalized spacial score (nSPS) is 28.0. The van der Waals surface area contributed by atoms with Gasteiger partial charge in [0.05, 0.1) is 12.6 Å². The van der Waals surface area contributed by atoms with Crippen molar-refractivity contribution in [2.75, 3.05) is 13.1 Å². The molecule has 2 fully saturated rings. The number of nitriles is 1. The first-order chi connectivity index (χ1) is 10.8. The molecule has 1 amide bonds. The maximum atomic E-state index is 12.2. The Morgan fingerprint density at radius 3 is 3.09 bits per heavy atom. The van der Waals surface area contributed by atoms with Gasteiger partial charge in [0.1, 0.15) is 18.7 Å². The molecule has 3 atom stereocenters. The summed E-state index contributed by atoms with van der Waals surface area (Å²) in [6, 6.07) is 2.38. The SMILES string of the molecule is N#C[C@@H]1CCCN1C(=O)CNC1CC[C@@H](Cn2cncn2)C1. The Balaban J connectivity index is 1.41. The highest BCUT2D eigenvalue weighted by Crippen LogP contribution is 2.26. The number of hydrogen-bond donors (Lipinski definition) is 1. The lowest BCUT2D eigenvalue weighted by atomic mass is 10.1. The van der Waals surface area contributed by atoms with E-state index < -0.39 is 0 Å². The maximum Gasteiger partial charge on any atom is 0.237 e. The molecule has 7 nitrogen and oxygen atoms in total. The Labute approximate surface area is 130 Å². The van der Waals surface area contributed by atoms with E-state index in [1.54, 1.807) is 17.6 Å². The zero-order valence-corrected chi connectivity index (χ0v) is 12.7. The molecule has 0 bridgehead atoms. The van der Waals surface area contributed by atoms with E-state index in [1.807, 2.05) is 4.68 Å². The van der Waals surface area contributed by atoms with Gasteiger partial charge in [0.15, 0.2) is 0 Å². The van der Waals surface area contributed by atoms with Crippen molar-refractivity contribution in [2.24, 2.45) is 5.92 Å². The molecule has 3 rings (SSSR count). The smallest absolute Gasteiger partial charge is 0.237 e. The van der Waals surface area contributed by atoms with Crippen LogP contribution in [0.15, 0.2) is 12.7 Å². The molecule has 0 radical (unpaired) electrons. The molecule has 1 aliphatic heterocycles. The number of hydrogen-bond acceptors (Lipinski definition) is 5. The van der Waals surface area contributed by atoms with Gasteiger partial charge >= 0.3 is 0 Å². The van der Waals surface area contributed by atoms with E-state index in [0.29, 0.717) is 18.5 Å². The van der Waals surface area contributed by atoms with Crippen LogP contribution in [0.3, 0.4) is 0 Å². The zero-order valence-electron chi connectivity index (χ0n) is 12.7. The topological polar surface area (TPSA) is 86.8 Å². The molecule has 22 heavy (non-hydrogen) atoms. The lowest BCUT2D eigenvalue weighted by molar-refractivity contribution is -0.130. The van der Waals surface area contributed by atoms with Crippen molar-refractivity contribution in [3.05, 3.63) is 12.7 Å². The molecular weight excluding hydrogens is 280 g/mol. The van der Waals surface area contributed by atoms with E-state index >= 15 is 0 Å². The summed E-state index contributed by atoms with van der Waals surface area (Å²) in [5.74, 6) is 0.650. The number of carbonyl (C=O) groups excluding carboxylic acids is 1. The van der Waals surface area contributed by atoms with Crippen molar-refractivity contribution in [1.82, 2.24) is 25.0 Å². The number of nitrogens with one attached hydrogen (secondary N) is 1. The number of likely N-dealkylation sites (tertiary alicyclic amines) is 1. The highest BCUT2D eigenvalue weighted by molar-refractivity contribution is 5.79. The molecule has 2 heterocycles. The summed E-state index contributed by atoms with van der Waals surface area (Å²) in [7, 11) is 0. The van der Waals surface area contributed by atoms with Crippen LogP contribution in [-0.4, -0.2) is 50.7 Å². The minimum atomic E-state index is -0.224. The predicted molar refractivity (Wildman–Crippen MR) is 79.5 cm³/mol. The maximum absolute atomic E-state index is 12.2. The molecule has 118 valence electrons. The van der Waals surface area contributed by atoms with Crippen LogP contribution in [0.4, 0.5) is 0 Å². The van der Waals surface area contributed by atoms with E-state index in [0.717, 1.165) is 45.2 Å². The molecule has 1 saturated heterocycles. The molecule has 1 saturated carbocycles. The highest BCUT2D eigenvalue weighted by atomic mass is 16.2. The summed E-state index contributed by atoms with van der Waals surface area (Å²) in [4.78, 5) is 17.9. The summed E-state index contributed by atoms with van der Waals surface area (Å²) >= 11 is 0. The quantitative estimate of drug-likeness (QED) is 0.858. The van der Waals surface area contributed by atoms with Crippen LogP contribution in [0.1, 0.15) is 32.1 Å². The van der Waals surface area contributed by atoms with E-state index in [4.69, 9.17) is 5.26 Å². The molecule has 1 aromatic rings. The number of nitrogens with zero attached hydrogens (tertiary/aromatic N) is 5. The summed E-state index contributed by atoms with van der Waals surface area (Å²) in [5, 5.41) is 16.6. The number of rotatable bonds is 5. The summed E-state index contributed by atoms with van der Waals surface area (Å²) < 4.78 is 1.87. The van der Waals surface area contributed by atoms with Gasteiger partial charge in [-0.1, -0.05) is 0 Å². The Bertz CT molecular complexity index is 537. The van der Waals surface area contributed by atoms with Gasteiger partial charge < -0.3 is 10.2 Å². The van der Waals surface area contributed by atoms with Crippen molar-refractivity contribution in [3.8, 4) is 6.07 Å². The Morgan fingerprint density at radius 2 is 2.32 bits per heavy atom. The average Bonchev–Trinajstić information content (AvgIpc) is 3.26. The second kappa shape index (κ2) is 6.88. The van der Waals surface area contributed by atoms with Crippen LogP contribution in [0, 0.1) is 17.2 Å². The minimum absolute atomic E-state index is 0.0591. The molecule has 1 aromatic heterocycles. The van der Waals surface area contributed by atoms with Crippen LogP contribution in [-0.2, 0) is 11.3 Å². The lowest BCUT2D eigenvalue weighted by Gasteiger charge is -2.21. The van der Waals surface area contributed by atoms with Crippen molar-refractivity contribution in [2.45, 2.75) is 50.7 Å². The first-order valence-electron chi connectivity index (χ1n) is 8.01. The Kier molecular flexibility index (Phi) is 4.68. The number of amides is 1. The number of aromatic nitrogens is 3. The minimum Gasteiger partial charge on any atom is -0.326 e. The van der Waals surface area contributed by atoms with Gasteiger partial charge in [-0.3, -0.25) is 9.48 Å². The third kappa shape index (κ3) is 3.45. The van der Waals surface area contributed by atoms with Gasteiger partial charge in [0, 0.05) is 19.1 Å². The van der Waals surface area contributed by atoms with Crippen molar-refractivity contribution in [1.29, 1.82) is 5.26 Å². The van der Waals surface area contributed by atoms with Gasteiger partial charge in [-0.05, 0) is 38.0 Å². The summed E-state index contributed by atoms with van der Waals surface area (Å²) in [6.45, 7) is 1.96. The van der Waals surface area contributed by atoms with Crippen LogP contribution in [0.25, 0.3) is 0 Å². The largest absolute Gasteiger partial charge is 0.326 e. The fraction of sp³-hybridized carbons (Fsp3) is 0.733. The average molecular weight is 302 g/mol. The van der Waals surface area contributed by atoms with Crippen molar-refractivity contribution >= 4 is 5.91 Å². The van der Waals surface area contributed by atoms with Crippen molar-refractivity contribution in [3.63, 3.8) is 0 Å². The fourth-order valence-corrected chi connectivity index (χ4v) is 3.55. The summed E-state index contributed by atoms with van der Waals surface area (Å²) in [6.07, 6.45) is 8.36. The van der Waals surface area contributed by atoms with Gasteiger partial charge in [0.25, 0.3) is 0 Å². The zero-order chi connectivity index (χ0) is 15.4. The van der Waals surface area contributed by atoms with Gasteiger partial charge in [-0.2, -0.15) is 10.4 Å². The molecule has 1 N–H and O–H groups in total. The standard InChI is InChI=1S/C15H22N6O/c16-7-14-2-1-5-21(14)15(22)8-18-13-4-3-12(6-13)9-20-11-17-10-19-20/h10-14,18H,1-6,8-9H2/t12-,13?,14+/m1/s1. The Hall–Kier alpha value is -1.94. The third-order valence-corrected chi connectivity index (χ3v) is 4.72. The van der Waals surface area contributed by atoms with Gasteiger partial charge in [-0.15, -0.1) is 0 Å². The molecule has 1 unspecified atom stereocenters. The van der Waals surface area contributed by atoms with Gasteiger partial charge in [0.2, 0.25) is 5.91 Å². The summed E-state index contributed by atoms with van der Waals surface area (Å²) in [5.41, 5.74) is 0. The number of carbonyl (C=O) groups is 1. The van der Waals surface area contributed by atoms with E-state index in [9.17, 15) is 4.79 Å². The van der Waals surface area contributed by atoms with E-state index in [2.05, 4.69) is 21.5 Å². The van der Waals surface area contributed by atoms with Crippen molar-refractivity contribution < 1.29 is 4.79 Å². The van der Waals surface area contributed by atoms with Crippen LogP contribution in [0.5, 0.6) is 0 Å². The fourth-order valence-electron chi connectivity index (χ4n) is 3.55. The van der Waals surface area contributed by atoms with E-state index in [-0.39, 0.29) is 11.9 Å². The first-order valence-corrected chi connectivity index (χ1v) is 8.01. The predicted octanol–water partition coefficient (Wildman–Crippen LogP) is 0.551. The van der Waals surface area contributed by atoms with Crippen LogP contribution in [0.2, 0.25) is 0 Å². The van der Waals surface area contributed by atoms with E-state index in [1.165, 1.54) is 0 Å². The molecule has 0 spiro atoms.